The first-order chi connectivity index (χ1) is 9.04. The SMILES string of the molecule is COc1cc(C(=O)N2CCNC(=O)C2C)ccc1O. The number of hydrogen-bond donors (Lipinski definition) is 2. The number of methoxy groups -OCH3 is 1. The Hall–Kier alpha value is -2.24. The van der Waals surface area contributed by atoms with Crippen LogP contribution in [0.2, 0.25) is 0 Å². The third-order valence-electron chi connectivity index (χ3n) is 3.19. The lowest BCUT2D eigenvalue weighted by atomic mass is 10.1. The van der Waals surface area contributed by atoms with E-state index in [2.05, 4.69) is 5.32 Å². The van der Waals surface area contributed by atoms with Gasteiger partial charge in [0.15, 0.2) is 11.5 Å². The quantitative estimate of drug-likeness (QED) is 0.808. The highest BCUT2D eigenvalue weighted by Crippen LogP contribution is 2.27. The van der Waals surface area contributed by atoms with Crippen molar-refractivity contribution in [3.63, 3.8) is 0 Å². The van der Waals surface area contributed by atoms with Crippen LogP contribution >= 0.6 is 0 Å². The van der Waals surface area contributed by atoms with Crippen LogP contribution in [0.25, 0.3) is 0 Å². The third-order valence-corrected chi connectivity index (χ3v) is 3.19. The molecule has 102 valence electrons. The molecule has 2 rings (SSSR count). The van der Waals surface area contributed by atoms with Crippen LogP contribution in [0.4, 0.5) is 0 Å². The zero-order valence-corrected chi connectivity index (χ0v) is 10.8. The molecule has 1 unspecified atom stereocenters. The molecule has 19 heavy (non-hydrogen) atoms. The molecule has 1 saturated heterocycles. The van der Waals surface area contributed by atoms with Crippen molar-refractivity contribution in [2.75, 3.05) is 20.2 Å². The first-order valence-electron chi connectivity index (χ1n) is 6.00. The summed E-state index contributed by atoms with van der Waals surface area (Å²) >= 11 is 0. The Morgan fingerprint density at radius 2 is 2.26 bits per heavy atom. The van der Waals surface area contributed by atoms with Gasteiger partial charge in [-0.05, 0) is 25.1 Å². The molecule has 0 bridgehead atoms. The number of hydrogen-bond acceptors (Lipinski definition) is 4. The summed E-state index contributed by atoms with van der Waals surface area (Å²) in [5, 5.41) is 12.2. The van der Waals surface area contributed by atoms with Crippen LogP contribution in [0.5, 0.6) is 11.5 Å². The van der Waals surface area contributed by atoms with Gasteiger partial charge in [0, 0.05) is 18.7 Å². The molecule has 1 aromatic carbocycles. The van der Waals surface area contributed by atoms with Gasteiger partial charge in [0.25, 0.3) is 5.91 Å². The van der Waals surface area contributed by atoms with Crippen LogP contribution in [-0.4, -0.2) is 48.1 Å². The minimum Gasteiger partial charge on any atom is -0.504 e. The summed E-state index contributed by atoms with van der Waals surface area (Å²) in [6.45, 7) is 2.60. The molecule has 0 aliphatic carbocycles. The lowest BCUT2D eigenvalue weighted by Gasteiger charge is -2.32. The van der Waals surface area contributed by atoms with E-state index in [-0.39, 0.29) is 23.3 Å². The fraction of sp³-hybridized carbons (Fsp3) is 0.385. The number of rotatable bonds is 2. The third kappa shape index (κ3) is 2.47. The second-order valence-corrected chi connectivity index (χ2v) is 4.35. The van der Waals surface area contributed by atoms with E-state index in [0.29, 0.717) is 18.7 Å². The van der Waals surface area contributed by atoms with Gasteiger partial charge >= 0.3 is 0 Å². The lowest BCUT2D eigenvalue weighted by Crippen LogP contribution is -2.55. The highest BCUT2D eigenvalue weighted by atomic mass is 16.5. The largest absolute Gasteiger partial charge is 0.504 e. The monoisotopic (exact) mass is 264 g/mol. The Morgan fingerprint density at radius 1 is 1.53 bits per heavy atom. The van der Waals surface area contributed by atoms with Gasteiger partial charge in [-0.15, -0.1) is 0 Å². The molecule has 6 nitrogen and oxygen atoms in total. The summed E-state index contributed by atoms with van der Waals surface area (Å²) in [6.07, 6.45) is 0. The topological polar surface area (TPSA) is 78.9 Å². The fourth-order valence-corrected chi connectivity index (χ4v) is 2.04. The number of benzene rings is 1. The van der Waals surface area contributed by atoms with E-state index in [1.807, 2.05) is 0 Å². The van der Waals surface area contributed by atoms with E-state index in [4.69, 9.17) is 4.74 Å². The summed E-state index contributed by atoms with van der Waals surface area (Å²) in [5.74, 6) is -0.200. The van der Waals surface area contributed by atoms with Crippen LogP contribution in [0.1, 0.15) is 17.3 Å². The number of amides is 2. The molecular weight excluding hydrogens is 248 g/mol. The van der Waals surface area contributed by atoms with E-state index in [0.717, 1.165) is 0 Å². The number of aromatic hydroxyl groups is 1. The zero-order chi connectivity index (χ0) is 14.0. The maximum absolute atomic E-state index is 12.3. The zero-order valence-electron chi connectivity index (χ0n) is 10.8. The number of nitrogens with one attached hydrogen (secondary N) is 1. The Balaban J connectivity index is 2.26. The standard InChI is InChI=1S/C13H16N2O4/c1-8-12(17)14-5-6-15(8)13(18)9-3-4-10(16)11(7-9)19-2/h3-4,7-8,16H,5-6H2,1-2H3,(H,14,17). The number of phenols is 1. The normalized spacial score (nSPS) is 18.9. The summed E-state index contributed by atoms with van der Waals surface area (Å²) in [4.78, 5) is 25.4. The predicted octanol–water partition coefficient (Wildman–Crippen LogP) is 0.361. The maximum atomic E-state index is 12.3. The Kier molecular flexibility index (Phi) is 3.59. The van der Waals surface area contributed by atoms with Crippen molar-refractivity contribution in [1.29, 1.82) is 0 Å². The highest BCUT2D eigenvalue weighted by Gasteiger charge is 2.30. The van der Waals surface area contributed by atoms with E-state index in [1.54, 1.807) is 6.92 Å². The Labute approximate surface area is 111 Å². The van der Waals surface area contributed by atoms with Gasteiger partial charge in [-0.3, -0.25) is 9.59 Å². The average molecular weight is 264 g/mol. The molecule has 6 heteroatoms. The predicted molar refractivity (Wildman–Crippen MR) is 68.2 cm³/mol. The van der Waals surface area contributed by atoms with Crippen molar-refractivity contribution in [1.82, 2.24) is 10.2 Å². The number of carbonyl (C=O) groups is 2. The van der Waals surface area contributed by atoms with Gasteiger partial charge in [0.1, 0.15) is 6.04 Å². The van der Waals surface area contributed by atoms with E-state index < -0.39 is 6.04 Å². The number of ether oxygens (including phenoxy) is 1. The molecule has 0 radical (unpaired) electrons. The molecule has 1 aliphatic rings. The number of piperazine rings is 1. The minimum absolute atomic E-state index is 0.0246. The summed E-state index contributed by atoms with van der Waals surface area (Å²) in [7, 11) is 1.42. The van der Waals surface area contributed by atoms with Crippen molar-refractivity contribution in [3.05, 3.63) is 23.8 Å². The molecule has 2 N–H and O–H groups in total. The summed E-state index contributed by atoms with van der Waals surface area (Å²) in [5.41, 5.74) is 0.385. The number of carbonyl (C=O) groups excluding carboxylic acids is 2. The van der Waals surface area contributed by atoms with Crippen molar-refractivity contribution < 1.29 is 19.4 Å². The molecule has 2 amide bonds. The lowest BCUT2D eigenvalue weighted by molar-refractivity contribution is -0.127. The molecule has 1 aliphatic heterocycles. The van der Waals surface area contributed by atoms with Gasteiger partial charge in [-0.1, -0.05) is 0 Å². The van der Waals surface area contributed by atoms with Gasteiger partial charge in [-0.25, -0.2) is 0 Å². The van der Waals surface area contributed by atoms with Gasteiger partial charge in [0.2, 0.25) is 5.91 Å². The van der Waals surface area contributed by atoms with Crippen LogP contribution in [-0.2, 0) is 4.79 Å². The van der Waals surface area contributed by atoms with Crippen LogP contribution < -0.4 is 10.1 Å². The molecule has 1 fully saturated rings. The van der Waals surface area contributed by atoms with Gasteiger partial charge in [-0.2, -0.15) is 0 Å². The second kappa shape index (κ2) is 5.17. The number of nitrogens with zero attached hydrogens (tertiary/aromatic N) is 1. The minimum atomic E-state index is -0.499. The summed E-state index contributed by atoms with van der Waals surface area (Å²) in [6, 6.07) is 3.89. The molecule has 0 saturated carbocycles. The average Bonchev–Trinajstić information content (AvgIpc) is 2.41. The van der Waals surface area contributed by atoms with Crippen molar-refractivity contribution >= 4 is 11.8 Å². The van der Waals surface area contributed by atoms with Crippen LogP contribution in [0.15, 0.2) is 18.2 Å². The van der Waals surface area contributed by atoms with E-state index in [9.17, 15) is 14.7 Å². The van der Waals surface area contributed by atoms with Gasteiger partial charge in [0.05, 0.1) is 7.11 Å². The Bertz CT molecular complexity index is 515. The van der Waals surface area contributed by atoms with Crippen molar-refractivity contribution in [2.24, 2.45) is 0 Å². The molecule has 1 atom stereocenters. The first-order valence-corrected chi connectivity index (χ1v) is 6.00. The summed E-state index contributed by atoms with van der Waals surface area (Å²) < 4.78 is 4.97. The van der Waals surface area contributed by atoms with E-state index in [1.165, 1.54) is 30.2 Å². The van der Waals surface area contributed by atoms with Crippen molar-refractivity contribution in [3.8, 4) is 11.5 Å². The highest BCUT2D eigenvalue weighted by molar-refractivity contribution is 5.98. The van der Waals surface area contributed by atoms with E-state index >= 15 is 0 Å². The van der Waals surface area contributed by atoms with Gasteiger partial charge < -0.3 is 20.1 Å². The molecule has 1 aromatic rings. The van der Waals surface area contributed by atoms with Crippen LogP contribution in [0, 0.1) is 0 Å². The Morgan fingerprint density at radius 3 is 2.95 bits per heavy atom. The van der Waals surface area contributed by atoms with Crippen LogP contribution in [0.3, 0.4) is 0 Å². The molecule has 0 spiro atoms. The number of phenolic OH excluding ortho intramolecular Hbond substituents is 1. The maximum Gasteiger partial charge on any atom is 0.254 e. The fourth-order valence-electron chi connectivity index (χ4n) is 2.04. The van der Waals surface area contributed by atoms with Crippen molar-refractivity contribution in [2.45, 2.75) is 13.0 Å². The first kappa shape index (κ1) is 13.2. The smallest absolute Gasteiger partial charge is 0.254 e. The second-order valence-electron chi connectivity index (χ2n) is 4.35. The molecule has 0 aromatic heterocycles. The molecule has 1 heterocycles. The molecular formula is C13H16N2O4.